The molecule has 0 saturated heterocycles. The van der Waals surface area contributed by atoms with Crippen LogP contribution in [0.4, 0.5) is 5.82 Å². The second-order valence-electron chi connectivity index (χ2n) is 5.82. The van der Waals surface area contributed by atoms with E-state index in [2.05, 4.69) is 15.3 Å². The van der Waals surface area contributed by atoms with Gasteiger partial charge in [-0.1, -0.05) is 0 Å². The van der Waals surface area contributed by atoms with Crippen molar-refractivity contribution in [3.05, 3.63) is 41.8 Å². The molecule has 0 amide bonds. The highest BCUT2D eigenvalue weighted by Crippen LogP contribution is 2.30. The first kappa shape index (κ1) is 17.0. The first-order valence-corrected chi connectivity index (χ1v) is 8.30. The number of esters is 1. The minimum absolute atomic E-state index is 0.119. The number of fused-ring (bicyclic) bond motifs is 1. The monoisotopic (exact) mass is 343 g/mol. The molecule has 3 aromatic rings. The number of carbonyl (C=O) groups is 1. The molecule has 3 aromatic heterocycles. The van der Waals surface area contributed by atoms with Crippen LogP contribution < -0.4 is 5.32 Å². The molecule has 0 bridgehead atoms. The van der Waals surface area contributed by atoms with Crippen LogP contribution in [0.15, 0.2) is 33.6 Å². The number of aryl methyl sites for hydroxylation is 2. The zero-order valence-corrected chi connectivity index (χ0v) is 14.5. The molecule has 1 atom stereocenters. The molecule has 0 aromatic carbocycles. The van der Waals surface area contributed by atoms with Crippen molar-refractivity contribution in [2.45, 2.75) is 39.7 Å². The summed E-state index contributed by atoms with van der Waals surface area (Å²) in [5.74, 6) is 1.55. The molecule has 0 unspecified atom stereocenters. The number of nitrogens with one attached hydrogen (secondary N) is 1. The Labute approximate surface area is 145 Å². The van der Waals surface area contributed by atoms with Gasteiger partial charge in [-0.3, -0.25) is 0 Å². The van der Waals surface area contributed by atoms with Crippen molar-refractivity contribution in [1.29, 1.82) is 0 Å². The minimum atomic E-state index is -0.431. The Morgan fingerprint density at radius 2 is 2.24 bits per heavy atom. The maximum absolute atomic E-state index is 12.3. The van der Waals surface area contributed by atoms with E-state index in [1.165, 1.54) is 6.33 Å². The second kappa shape index (κ2) is 7.38. The number of hydrogen-bond acceptors (Lipinski definition) is 7. The van der Waals surface area contributed by atoms with Gasteiger partial charge in [0.15, 0.2) is 0 Å². The van der Waals surface area contributed by atoms with Crippen molar-refractivity contribution in [3.63, 3.8) is 0 Å². The summed E-state index contributed by atoms with van der Waals surface area (Å²) in [5, 5.41) is 3.90. The number of nitrogens with zero attached hydrogens (tertiary/aromatic N) is 2. The van der Waals surface area contributed by atoms with Crippen molar-refractivity contribution >= 4 is 22.9 Å². The zero-order valence-electron chi connectivity index (χ0n) is 14.5. The summed E-state index contributed by atoms with van der Waals surface area (Å²) in [7, 11) is 0. The lowest BCUT2D eigenvalue weighted by atomic mass is 10.1. The molecule has 0 radical (unpaired) electrons. The number of aromatic nitrogens is 2. The van der Waals surface area contributed by atoms with Gasteiger partial charge in [0.25, 0.3) is 0 Å². The minimum Gasteiger partial charge on any atom is -0.469 e. The van der Waals surface area contributed by atoms with Gasteiger partial charge in [0, 0.05) is 12.5 Å². The van der Waals surface area contributed by atoms with Crippen LogP contribution in [0.2, 0.25) is 0 Å². The van der Waals surface area contributed by atoms with Crippen molar-refractivity contribution in [2.24, 2.45) is 0 Å². The van der Waals surface area contributed by atoms with E-state index in [9.17, 15) is 4.79 Å². The van der Waals surface area contributed by atoms with Crippen LogP contribution in [0, 0.1) is 6.92 Å². The van der Waals surface area contributed by atoms with Crippen molar-refractivity contribution in [3.8, 4) is 0 Å². The molecule has 0 saturated carbocycles. The molecular weight excluding hydrogens is 322 g/mol. The highest BCUT2D eigenvalue weighted by molar-refractivity contribution is 6.07. The standard InChI is InChI=1S/C18H21N3O4/c1-4-23-18(22)14-12(3)25-17-15(14)16(19-10-20-17)21-11(2)7-8-13-6-5-9-24-13/h5-6,9-11H,4,7-8H2,1-3H3,(H,19,20,21)/t11-/m0/s1. The van der Waals surface area contributed by atoms with E-state index in [-0.39, 0.29) is 6.04 Å². The Balaban J connectivity index is 1.84. The molecule has 3 heterocycles. The Bertz CT molecular complexity index is 855. The van der Waals surface area contributed by atoms with E-state index in [4.69, 9.17) is 13.6 Å². The fraction of sp³-hybridized carbons (Fsp3) is 0.389. The van der Waals surface area contributed by atoms with Gasteiger partial charge in [-0.15, -0.1) is 0 Å². The number of anilines is 1. The molecule has 0 aliphatic carbocycles. The maximum atomic E-state index is 12.3. The van der Waals surface area contributed by atoms with E-state index in [0.29, 0.717) is 34.8 Å². The molecule has 132 valence electrons. The van der Waals surface area contributed by atoms with Crippen molar-refractivity contribution in [1.82, 2.24) is 9.97 Å². The van der Waals surface area contributed by atoms with Crippen molar-refractivity contribution < 1.29 is 18.4 Å². The van der Waals surface area contributed by atoms with Gasteiger partial charge in [0.2, 0.25) is 5.71 Å². The third-order valence-electron chi connectivity index (χ3n) is 3.93. The predicted octanol–water partition coefficient (Wildman–Crippen LogP) is 3.73. The summed E-state index contributed by atoms with van der Waals surface area (Å²) in [5.41, 5.74) is 0.745. The van der Waals surface area contributed by atoms with E-state index < -0.39 is 5.97 Å². The van der Waals surface area contributed by atoms with Crippen molar-refractivity contribution in [2.75, 3.05) is 11.9 Å². The molecule has 7 heteroatoms. The Morgan fingerprint density at radius 1 is 1.40 bits per heavy atom. The van der Waals surface area contributed by atoms with Crippen LogP contribution in [0.3, 0.4) is 0 Å². The third-order valence-corrected chi connectivity index (χ3v) is 3.93. The SMILES string of the molecule is CCOC(=O)c1c(C)oc2ncnc(N[C@@H](C)CCc3ccco3)c12. The Kier molecular flexibility index (Phi) is 5.02. The molecular formula is C18H21N3O4. The fourth-order valence-corrected chi connectivity index (χ4v) is 2.72. The summed E-state index contributed by atoms with van der Waals surface area (Å²) in [4.78, 5) is 20.7. The van der Waals surface area contributed by atoms with E-state index in [1.54, 1.807) is 20.1 Å². The lowest BCUT2D eigenvalue weighted by molar-refractivity contribution is 0.0526. The summed E-state index contributed by atoms with van der Waals surface area (Å²) in [6.45, 7) is 5.83. The van der Waals surface area contributed by atoms with Gasteiger partial charge in [-0.2, -0.15) is 0 Å². The quantitative estimate of drug-likeness (QED) is 0.654. The highest BCUT2D eigenvalue weighted by Gasteiger charge is 2.24. The normalized spacial score (nSPS) is 12.3. The van der Waals surface area contributed by atoms with Crippen LogP contribution in [0.25, 0.3) is 11.1 Å². The second-order valence-corrected chi connectivity index (χ2v) is 5.82. The number of furan rings is 2. The molecule has 3 rings (SSSR count). The van der Waals surface area contributed by atoms with Gasteiger partial charge in [-0.05, 0) is 39.3 Å². The van der Waals surface area contributed by atoms with Crippen LogP contribution in [0.5, 0.6) is 0 Å². The average molecular weight is 343 g/mol. The summed E-state index contributed by atoms with van der Waals surface area (Å²) < 4.78 is 16.1. The predicted molar refractivity (Wildman–Crippen MR) is 92.6 cm³/mol. The Morgan fingerprint density at radius 3 is 2.96 bits per heavy atom. The van der Waals surface area contributed by atoms with Gasteiger partial charge >= 0.3 is 5.97 Å². The maximum Gasteiger partial charge on any atom is 0.342 e. The van der Waals surface area contributed by atoms with Gasteiger partial charge < -0.3 is 18.9 Å². The number of ether oxygens (including phenoxy) is 1. The molecule has 0 fully saturated rings. The first-order chi connectivity index (χ1) is 12.1. The van der Waals surface area contributed by atoms with Gasteiger partial charge in [0.05, 0.1) is 18.3 Å². The summed E-state index contributed by atoms with van der Waals surface area (Å²) in [6.07, 6.45) is 4.75. The van der Waals surface area contributed by atoms with Crippen LogP contribution in [-0.2, 0) is 11.2 Å². The molecule has 0 aliphatic rings. The van der Waals surface area contributed by atoms with Crippen LogP contribution in [-0.4, -0.2) is 28.6 Å². The summed E-state index contributed by atoms with van der Waals surface area (Å²) in [6, 6.07) is 3.95. The Hall–Kier alpha value is -2.83. The van der Waals surface area contributed by atoms with Crippen LogP contribution in [0.1, 0.15) is 42.1 Å². The molecule has 25 heavy (non-hydrogen) atoms. The molecule has 0 aliphatic heterocycles. The summed E-state index contributed by atoms with van der Waals surface area (Å²) >= 11 is 0. The molecule has 7 nitrogen and oxygen atoms in total. The smallest absolute Gasteiger partial charge is 0.342 e. The van der Waals surface area contributed by atoms with Crippen LogP contribution >= 0.6 is 0 Å². The zero-order chi connectivity index (χ0) is 17.8. The topological polar surface area (TPSA) is 90.4 Å². The van der Waals surface area contributed by atoms with E-state index in [0.717, 1.165) is 18.6 Å². The average Bonchev–Trinajstić information content (AvgIpc) is 3.20. The number of hydrogen-bond donors (Lipinski definition) is 1. The number of carbonyl (C=O) groups excluding carboxylic acids is 1. The lowest BCUT2D eigenvalue weighted by Crippen LogP contribution is -2.17. The van der Waals surface area contributed by atoms with Gasteiger partial charge in [0.1, 0.15) is 29.2 Å². The lowest BCUT2D eigenvalue weighted by Gasteiger charge is -2.14. The van der Waals surface area contributed by atoms with Gasteiger partial charge in [-0.25, -0.2) is 14.8 Å². The molecule has 0 spiro atoms. The third kappa shape index (κ3) is 3.65. The fourth-order valence-electron chi connectivity index (χ4n) is 2.72. The largest absolute Gasteiger partial charge is 0.469 e. The first-order valence-electron chi connectivity index (χ1n) is 8.30. The molecule has 1 N–H and O–H groups in total. The van der Waals surface area contributed by atoms with E-state index in [1.807, 2.05) is 19.1 Å². The number of rotatable bonds is 7. The highest BCUT2D eigenvalue weighted by atomic mass is 16.5. The van der Waals surface area contributed by atoms with E-state index >= 15 is 0 Å².